The predicted molar refractivity (Wildman–Crippen MR) is 132 cm³/mol. The number of likely N-dealkylation sites (tertiary alicyclic amines) is 1. The topological polar surface area (TPSA) is 52.7 Å². The van der Waals surface area contributed by atoms with Gasteiger partial charge in [-0.05, 0) is 61.8 Å². The van der Waals surface area contributed by atoms with Gasteiger partial charge in [-0.2, -0.15) is 0 Å². The maximum Gasteiger partial charge on any atom is 0.265 e. The summed E-state index contributed by atoms with van der Waals surface area (Å²) in [5.74, 6) is -0.312. The molecule has 2 aromatic rings. The summed E-state index contributed by atoms with van der Waals surface area (Å²) in [4.78, 5) is 31.5. The van der Waals surface area contributed by atoms with Gasteiger partial charge in [0, 0.05) is 23.0 Å². The summed E-state index contributed by atoms with van der Waals surface area (Å²) in [5.41, 5.74) is 1.63. The van der Waals surface area contributed by atoms with Crippen molar-refractivity contribution in [3.8, 4) is 0 Å². The molecule has 5 nitrogen and oxygen atoms in total. The molecule has 0 saturated carbocycles. The Labute approximate surface area is 198 Å². The van der Waals surface area contributed by atoms with Gasteiger partial charge in [-0.3, -0.25) is 14.5 Å². The number of amides is 2. The molecule has 4 rings (SSSR count). The molecule has 0 radical (unpaired) electrons. The highest BCUT2D eigenvalue weighted by Gasteiger charge is 2.30. The van der Waals surface area contributed by atoms with Crippen LogP contribution in [0.3, 0.4) is 0 Å². The van der Waals surface area contributed by atoms with Gasteiger partial charge in [0.25, 0.3) is 5.91 Å². The zero-order chi connectivity index (χ0) is 22.3. The van der Waals surface area contributed by atoms with E-state index >= 15 is 0 Å². The minimum Gasteiger partial charge on any atom is -0.353 e. The third-order valence-electron chi connectivity index (χ3n) is 5.73. The smallest absolute Gasteiger partial charge is 0.265 e. The fourth-order valence-corrected chi connectivity index (χ4v) is 5.34. The molecule has 1 N–H and O–H groups in total. The Morgan fingerprint density at radius 2 is 1.84 bits per heavy atom. The van der Waals surface area contributed by atoms with Gasteiger partial charge < -0.3 is 10.2 Å². The highest BCUT2D eigenvalue weighted by molar-refractivity contribution is 8.04. The summed E-state index contributed by atoms with van der Waals surface area (Å²) in [5, 5.41) is 3.62. The van der Waals surface area contributed by atoms with Crippen molar-refractivity contribution in [2.45, 2.75) is 30.6 Å². The largest absolute Gasteiger partial charge is 0.353 e. The van der Waals surface area contributed by atoms with Crippen molar-refractivity contribution < 1.29 is 9.59 Å². The molecule has 0 aromatic heterocycles. The molecular weight excluding hydrogens is 442 g/mol. The van der Waals surface area contributed by atoms with E-state index in [9.17, 15) is 9.59 Å². The highest BCUT2D eigenvalue weighted by Crippen LogP contribution is 2.41. The summed E-state index contributed by atoms with van der Waals surface area (Å²) >= 11 is 7.53. The first kappa shape index (κ1) is 22.9. The second kappa shape index (κ2) is 11.0. The van der Waals surface area contributed by atoms with Crippen molar-refractivity contribution in [1.82, 2.24) is 10.2 Å². The second-order valence-electron chi connectivity index (χ2n) is 8.13. The molecule has 0 bridgehead atoms. The summed E-state index contributed by atoms with van der Waals surface area (Å²) < 4.78 is 0. The third kappa shape index (κ3) is 5.94. The number of thioether (sulfide) groups is 1. The van der Waals surface area contributed by atoms with Crippen LogP contribution in [0.4, 0.5) is 5.69 Å². The van der Waals surface area contributed by atoms with Gasteiger partial charge >= 0.3 is 0 Å². The van der Waals surface area contributed by atoms with Gasteiger partial charge in [0.15, 0.2) is 0 Å². The maximum atomic E-state index is 13.3. The van der Waals surface area contributed by atoms with Crippen LogP contribution in [-0.4, -0.2) is 49.4 Å². The minimum absolute atomic E-state index is 0.00327. The molecule has 2 heterocycles. The molecule has 7 heteroatoms. The first-order valence-electron chi connectivity index (χ1n) is 11.2. The molecule has 32 heavy (non-hydrogen) atoms. The van der Waals surface area contributed by atoms with Crippen molar-refractivity contribution in [1.29, 1.82) is 0 Å². The molecule has 0 atom stereocenters. The van der Waals surface area contributed by atoms with Crippen molar-refractivity contribution >= 4 is 46.9 Å². The molecule has 0 aliphatic carbocycles. The van der Waals surface area contributed by atoms with Gasteiger partial charge in [0.05, 0.1) is 10.6 Å². The number of nitrogens with zero attached hydrogens (tertiary/aromatic N) is 2. The lowest BCUT2D eigenvalue weighted by molar-refractivity contribution is -0.122. The van der Waals surface area contributed by atoms with Crippen molar-refractivity contribution in [3.05, 3.63) is 64.0 Å². The normalized spacial score (nSPS) is 18.3. The zero-order valence-corrected chi connectivity index (χ0v) is 19.6. The van der Waals surface area contributed by atoms with E-state index in [1.165, 1.54) is 37.4 Å². The van der Waals surface area contributed by atoms with Crippen LogP contribution in [0.5, 0.6) is 0 Å². The number of benzene rings is 2. The van der Waals surface area contributed by atoms with E-state index in [0.29, 0.717) is 16.5 Å². The maximum absolute atomic E-state index is 13.3. The molecule has 2 aromatic carbocycles. The molecule has 0 spiro atoms. The minimum atomic E-state index is -0.170. The fourth-order valence-electron chi connectivity index (χ4n) is 4.08. The Bertz CT molecular complexity index is 1000. The third-order valence-corrected chi connectivity index (χ3v) is 7.04. The van der Waals surface area contributed by atoms with Gasteiger partial charge in [0.1, 0.15) is 6.54 Å². The number of hydrogen-bond acceptors (Lipinski definition) is 4. The first-order chi connectivity index (χ1) is 15.6. The summed E-state index contributed by atoms with van der Waals surface area (Å²) in [6.45, 7) is 3.66. The Hall–Kier alpha value is -2.28. The monoisotopic (exact) mass is 469 g/mol. The number of para-hydroxylation sites is 1. The summed E-state index contributed by atoms with van der Waals surface area (Å²) in [7, 11) is 0. The van der Waals surface area contributed by atoms with Crippen LogP contribution < -0.4 is 10.2 Å². The lowest BCUT2D eigenvalue weighted by Gasteiger charge is -2.30. The molecule has 0 unspecified atom stereocenters. The van der Waals surface area contributed by atoms with Gasteiger partial charge in [-0.1, -0.05) is 60.5 Å². The predicted octanol–water partition coefficient (Wildman–Crippen LogP) is 4.81. The van der Waals surface area contributed by atoms with E-state index in [1.807, 2.05) is 48.5 Å². The lowest BCUT2D eigenvalue weighted by atomic mass is 10.2. The summed E-state index contributed by atoms with van der Waals surface area (Å²) in [6.07, 6.45) is 6.88. The van der Waals surface area contributed by atoms with Crippen LogP contribution >= 0.6 is 23.4 Å². The van der Waals surface area contributed by atoms with Crippen LogP contribution in [0.2, 0.25) is 5.02 Å². The standard InChI is InChI=1S/C25H28ClN3O2S/c26-20-9-7-8-19(16-20)17-23-25(31)29(21-10-3-4-11-22(21)32-23)18-24(30)27-12-15-28-13-5-1-2-6-14-28/h3-4,7-11,16-17H,1-2,5-6,12-15,18H2,(H,27,30)/b23-17-. The average molecular weight is 470 g/mol. The Kier molecular flexibility index (Phi) is 7.90. The molecule has 2 aliphatic heterocycles. The van der Waals surface area contributed by atoms with Crippen molar-refractivity contribution in [2.75, 3.05) is 37.6 Å². The average Bonchev–Trinajstić information content (AvgIpc) is 3.05. The van der Waals surface area contributed by atoms with Crippen LogP contribution in [0.25, 0.3) is 6.08 Å². The first-order valence-corrected chi connectivity index (χ1v) is 12.3. The number of fused-ring (bicyclic) bond motifs is 1. The molecule has 168 valence electrons. The summed E-state index contributed by atoms with van der Waals surface area (Å²) in [6, 6.07) is 15.1. The fraction of sp³-hybridized carbons (Fsp3) is 0.360. The Morgan fingerprint density at radius 3 is 2.62 bits per heavy atom. The van der Waals surface area contributed by atoms with Crippen LogP contribution in [0, 0.1) is 0 Å². The molecule has 2 aliphatic rings. The highest BCUT2D eigenvalue weighted by atomic mass is 35.5. The van der Waals surface area contributed by atoms with E-state index < -0.39 is 0 Å². The van der Waals surface area contributed by atoms with E-state index in [2.05, 4.69) is 10.2 Å². The Morgan fingerprint density at radius 1 is 1.06 bits per heavy atom. The van der Waals surface area contributed by atoms with Crippen molar-refractivity contribution in [2.24, 2.45) is 0 Å². The second-order valence-corrected chi connectivity index (χ2v) is 9.65. The van der Waals surface area contributed by atoms with E-state index in [4.69, 9.17) is 11.6 Å². The SMILES string of the molecule is O=C(CN1C(=O)/C(=C/c2cccc(Cl)c2)Sc2ccccc21)NCCN1CCCCCC1. The number of rotatable bonds is 6. The van der Waals surface area contributed by atoms with E-state index in [0.717, 1.165) is 35.8 Å². The van der Waals surface area contributed by atoms with Crippen LogP contribution in [0.1, 0.15) is 31.2 Å². The molecule has 1 fully saturated rings. The number of hydrogen-bond donors (Lipinski definition) is 1. The van der Waals surface area contributed by atoms with Gasteiger partial charge in [-0.25, -0.2) is 0 Å². The van der Waals surface area contributed by atoms with Gasteiger partial charge in [-0.15, -0.1) is 0 Å². The van der Waals surface area contributed by atoms with Crippen molar-refractivity contribution in [3.63, 3.8) is 0 Å². The van der Waals surface area contributed by atoms with Crippen LogP contribution in [0.15, 0.2) is 58.3 Å². The Balaban J connectivity index is 1.44. The number of halogens is 1. The number of carbonyl (C=O) groups excluding carboxylic acids is 2. The lowest BCUT2D eigenvalue weighted by Crippen LogP contribution is -2.44. The number of carbonyl (C=O) groups is 2. The number of anilines is 1. The molecule has 1 saturated heterocycles. The molecule has 2 amide bonds. The van der Waals surface area contributed by atoms with E-state index in [-0.39, 0.29) is 18.4 Å². The molecular formula is C25H28ClN3O2S. The van der Waals surface area contributed by atoms with Gasteiger partial charge in [0.2, 0.25) is 5.91 Å². The number of nitrogens with one attached hydrogen (secondary N) is 1. The van der Waals surface area contributed by atoms with Crippen LogP contribution in [-0.2, 0) is 9.59 Å². The zero-order valence-electron chi connectivity index (χ0n) is 18.1. The quantitative estimate of drug-likeness (QED) is 0.617. The van der Waals surface area contributed by atoms with E-state index in [1.54, 1.807) is 11.0 Å².